The van der Waals surface area contributed by atoms with Crippen LogP contribution in [0.2, 0.25) is 0 Å². The van der Waals surface area contributed by atoms with Gasteiger partial charge in [0.05, 0.1) is 24.1 Å². The highest BCUT2D eigenvalue weighted by molar-refractivity contribution is 6.04. The fourth-order valence-electron chi connectivity index (χ4n) is 5.89. The van der Waals surface area contributed by atoms with Gasteiger partial charge >= 0.3 is 12.3 Å². The summed E-state index contributed by atoms with van der Waals surface area (Å²) in [5.74, 6) is 0.665. The Balaban J connectivity index is 1.32. The number of carbonyl (C=O) groups excluding carboxylic acids is 1. The second-order valence-electron chi connectivity index (χ2n) is 11.7. The van der Waals surface area contributed by atoms with Crippen molar-refractivity contribution < 1.29 is 32.6 Å². The molecule has 14 heteroatoms. The van der Waals surface area contributed by atoms with Crippen molar-refractivity contribution in [2.24, 2.45) is 13.0 Å². The van der Waals surface area contributed by atoms with E-state index in [-0.39, 0.29) is 47.3 Å². The Morgan fingerprint density at radius 2 is 1.87 bits per heavy atom. The molecule has 0 saturated carbocycles. The number of hydrogen-bond acceptors (Lipinski definition) is 7. The summed E-state index contributed by atoms with van der Waals surface area (Å²) in [5, 5.41) is 12.9. The van der Waals surface area contributed by atoms with E-state index in [1.165, 1.54) is 25.2 Å². The van der Waals surface area contributed by atoms with E-state index in [0.717, 1.165) is 16.1 Å². The first kappa shape index (κ1) is 30.2. The van der Waals surface area contributed by atoms with Crippen molar-refractivity contribution in [2.45, 2.75) is 39.0 Å². The number of fused-ring (bicyclic) bond motifs is 1. The fraction of sp³-hybridized carbons (Fsp3) is 0.387. The average Bonchev–Trinajstić information content (AvgIpc) is 3.53. The number of carboxylic acid groups (broad SMARTS) is 1. The van der Waals surface area contributed by atoms with Crippen LogP contribution < -0.4 is 9.64 Å². The Morgan fingerprint density at radius 3 is 2.53 bits per heavy atom. The molecule has 0 bridgehead atoms. The maximum atomic E-state index is 14.0. The lowest BCUT2D eigenvalue weighted by molar-refractivity contribution is -0.141. The molecule has 1 saturated heterocycles. The van der Waals surface area contributed by atoms with Crippen molar-refractivity contribution in [1.29, 1.82) is 0 Å². The number of likely N-dealkylation sites (N-methyl/N-ethyl adjacent to an activating group) is 1. The number of alkyl halides is 3. The quantitative estimate of drug-likeness (QED) is 0.318. The molecule has 3 aromatic heterocycles. The Bertz CT molecular complexity index is 1790. The lowest BCUT2D eigenvalue weighted by atomic mass is 9.87. The van der Waals surface area contributed by atoms with E-state index < -0.39 is 23.9 Å². The minimum absolute atomic E-state index is 0.0272. The topological polar surface area (TPSA) is 119 Å². The van der Waals surface area contributed by atoms with Gasteiger partial charge in [0.15, 0.2) is 11.5 Å². The molecule has 0 radical (unpaired) electrons. The summed E-state index contributed by atoms with van der Waals surface area (Å²) < 4.78 is 51.2. The summed E-state index contributed by atoms with van der Waals surface area (Å²) in [6.07, 6.45) is -0.747. The average molecular weight is 624 g/mol. The van der Waals surface area contributed by atoms with Crippen molar-refractivity contribution in [2.75, 3.05) is 31.6 Å². The number of ketones is 1. The van der Waals surface area contributed by atoms with E-state index in [2.05, 4.69) is 10.1 Å². The van der Waals surface area contributed by atoms with E-state index in [9.17, 15) is 27.9 Å². The van der Waals surface area contributed by atoms with Crippen LogP contribution in [0.25, 0.3) is 11.1 Å². The number of rotatable bonds is 7. The summed E-state index contributed by atoms with van der Waals surface area (Å²) in [6.45, 7) is 5.03. The molecule has 0 spiro atoms. The van der Waals surface area contributed by atoms with Crippen molar-refractivity contribution >= 4 is 17.7 Å². The van der Waals surface area contributed by atoms with Gasteiger partial charge in [-0.15, -0.1) is 0 Å². The van der Waals surface area contributed by atoms with Gasteiger partial charge in [0.2, 0.25) is 0 Å². The standard InChI is InChI=1S/C31H32F3N7O4/c1-17-7-21(36-26(8-17)41-13-22(14-41)39(4)30(43)44)11-20-16-45-28-23(25-15-38(3)37-29(25)31(32,33)34)9-19(10-24(28)27(20)42)12-40-6-5-35-18(40)2/h5-10,15,20,22H,11-14,16H2,1-4H3,(H,43,44)/t20-/m1/s1. The molecule has 1 fully saturated rings. The molecule has 236 valence electrons. The molecule has 0 unspecified atom stereocenters. The molecule has 2 aliphatic heterocycles. The monoisotopic (exact) mass is 623 g/mol. The molecular weight excluding hydrogens is 591 g/mol. The van der Waals surface area contributed by atoms with Gasteiger partial charge in [0.25, 0.3) is 0 Å². The van der Waals surface area contributed by atoms with Gasteiger partial charge in [-0.3, -0.25) is 9.48 Å². The van der Waals surface area contributed by atoms with Gasteiger partial charge in [-0.2, -0.15) is 18.3 Å². The van der Waals surface area contributed by atoms with E-state index in [0.29, 0.717) is 36.7 Å². The lowest BCUT2D eigenvalue weighted by Gasteiger charge is -2.43. The predicted octanol–water partition coefficient (Wildman–Crippen LogP) is 4.59. The molecular formula is C31H32F3N7O4. The first-order valence-electron chi connectivity index (χ1n) is 14.4. The molecule has 1 aromatic carbocycles. The van der Waals surface area contributed by atoms with Crippen LogP contribution in [0.5, 0.6) is 5.75 Å². The molecule has 1 N–H and O–H groups in total. The SMILES string of the molecule is Cc1cc(C[C@@H]2COc3c(cc(Cn4ccnc4C)cc3-c3cn(C)nc3C(F)(F)F)C2=O)nc(N2CC(N(C)C(=O)O)C2)c1. The molecule has 1 amide bonds. The number of ether oxygens (including phenoxy) is 1. The maximum absolute atomic E-state index is 14.0. The molecule has 6 rings (SSSR count). The first-order valence-corrected chi connectivity index (χ1v) is 14.4. The maximum Gasteiger partial charge on any atom is 0.435 e. The smallest absolute Gasteiger partial charge is 0.435 e. The summed E-state index contributed by atoms with van der Waals surface area (Å²) in [7, 11) is 2.96. The van der Waals surface area contributed by atoms with E-state index >= 15 is 0 Å². The third-order valence-corrected chi connectivity index (χ3v) is 8.38. The van der Waals surface area contributed by atoms with Gasteiger partial charge in [-0.1, -0.05) is 0 Å². The Morgan fingerprint density at radius 1 is 1.13 bits per heavy atom. The zero-order valence-electron chi connectivity index (χ0n) is 25.2. The number of Topliss-reactive ketones (excluding diaryl/α,β-unsaturated/α-hetero) is 1. The highest BCUT2D eigenvalue weighted by Gasteiger charge is 2.40. The molecule has 11 nitrogen and oxygen atoms in total. The second kappa shape index (κ2) is 11.2. The number of hydrogen-bond donors (Lipinski definition) is 1. The highest BCUT2D eigenvalue weighted by atomic mass is 19.4. The fourth-order valence-corrected chi connectivity index (χ4v) is 5.89. The largest absolute Gasteiger partial charge is 0.491 e. The van der Waals surface area contributed by atoms with Crippen molar-refractivity contribution in [3.63, 3.8) is 0 Å². The predicted molar refractivity (Wildman–Crippen MR) is 157 cm³/mol. The van der Waals surface area contributed by atoms with Crippen LogP contribution in [0.1, 0.15) is 38.7 Å². The molecule has 4 aromatic rings. The van der Waals surface area contributed by atoms with Gasteiger partial charge in [-0.05, 0) is 49.2 Å². The first-order chi connectivity index (χ1) is 21.3. The third-order valence-electron chi connectivity index (χ3n) is 8.38. The molecule has 1 atom stereocenters. The Kier molecular flexibility index (Phi) is 7.53. The van der Waals surface area contributed by atoms with Crippen LogP contribution in [-0.2, 0) is 26.2 Å². The number of halogens is 3. The zero-order chi connectivity index (χ0) is 32.2. The molecule has 2 aliphatic rings. The summed E-state index contributed by atoms with van der Waals surface area (Å²) >= 11 is 0. The third kappa shape index (κ3) is 5.83. The molecule has 5 heterocycles. The van der Waals surface area contributed by atoms with Crippen LogP contribution in [0, 0.1) is 19.8 Å². The van der Waals surface area contributed by atoms with Crippen LogP contribution in [-0.4, -0.2) is 79.0 Å². The number of aromatic nitrogens is 5. The number of amides is 1. The summed E-state index contributed by atoms with van der Waals surface area (Å²) in [4.78, 5) is 37.6. The Labute approximate surface area is 256 Å². The number of benzene rings is 1. The molecule has 45 heavy (non-hydrogen) atoms. The van der Waals surface area contributed by atoms with Crippen LogP contribution in [0.3, 0.4) is 0 Å². The summed E-state index contributed by atoms with van der Waals surface area (Å²) in [5.41, 5.74) is 1.37. The number of nitrogens with zero attached hydrogens (tertiary/aromatic N) is 7. The number of carbonyl (C=O) groups is 2. The van der Waals surface area contributed by atoms with Crippen LogP contribution in [0.4, 0.5) is 23.8 Å². The lowest BCUT2D eigenvalue weighted by Crippen LogP contribution is -2.60. The normalized spacial score (nSPS) is 16.7. The van der Waals surface area contributed by atoms with Crippen molar-refractivity contribution in [1.82, 2.24) is 29.2 Å². The van der Waals surface area contributed by atoms with E-state index in [1.807, 2.05) is 35.4 Å². The Hall–Kier alpha value is -4.88. The number of aryl methyl sites for hydroxylation is 3. The van der Waals surface area contributed by atoms with E-state index in [1.54, 1.807) is 24.5 Å². The minimum Gasteiger partial charge on any atom is -0.491 e. The summed E-state index contributed by atoms with van der Waals surface area (Å²) in [6, 6.07) is 6.98. The van der Waals surface area contributed by atoms with E-state index in [4.69, 9.17) is 9.72 Å². The van der Waals surface area contributed by atoms with Crippen LogP contribution in [0.15, 0.2) is 42.9 Å². The van der Waals surface area contributed by atoms with Gasteiger partial charge in [0, 0.05) is 75.6 Å². The molecule has 0 aliphatic carbocycles. The van der Waals surface area contributed by atoms with Gasteiger partial charge in [-0.25, -0.2) is 14.8 Å². The minimum atomic E-state index is -4.71. The number of pyridine rings is 1. The van der Waals surface area contributed by atoms with Gasteiger partial charge < -0.3 is 24.2 Å². The highest BCUT2D eigenvalue weighted by Crippen LogP contribution is 2.44. The van der Waals surface area contributed by atoms with Gasteiger partial charge in [0.1, 0.15) is 17.4 Å². The van der Waals surface area contributed by atoms with Crippen LogP contribution >= 0.6 is 0 Å². The number of imidazole rings is 1. The zero-order valence-corrected chi connectivity index (χ0v) is 25.2. The number of anilines is 1. The second-order valence-corrected chi connectivity index (χ2v) is 11.7. The van der Waals surface area contributed by atoms with Crippen molar-refractivity contribution in [3.8, 4) is 16.9 Å². The van der Waals surface area contributed by atoms with Crippen molar-refractivity contribution in [3.05, 3.63) is 76.8 Å².